The molecule has 0 spiro atoms. The molecule has 0 aromatic carbocycles. The average Bonchev–Trinajstić information content (AvgIpc) is 2.77. The lowest BCUT2D eigenvalue weighted by Crippen LogP contribution is -2.53. The summed E-state index contributed by atoms with van der Waals surface area (Å²) in [6.45, 7) is 4.61. The molecular formula is C19H25BrO2. The van der Waals surface area contributed by atoms with Gasteiger partial charge in [-0.1, -0.05) is 35.4 Å². The minimum absolute atomic E-state index is 0.0506. The fourth-order valence-corrected chi connectivity index (χ4v) is 7.29. The molecule has 0 bridgehead atoms. The second kappa shape index (κ2) is 4.78. The molecule has 0 amide bonds. The van der Waals surface area contributed by atoms with E-state index in [1.165, 1.54) is 12.0 Å². The Hall–Kier alpha value is -0.440. The first kappa shape index (κ1) is 15.1. The van der Waals surface area contributed by atoms with E-state index in [-0.39, 0.29) is 21.4 Å². The summed E-state index contributed by atoms with van der Waals surface area (Å²) in [6.07, 6.45) is 8.88. The topological polar surface area (TPSA) is 34.1 Å². The largest absolute Gasteiger partial charge is 0.299 e. The van der Waals surface area contributed by atoms with Crippen LogP contribution in [-0.4, -0.2) is 16.4 Å². The van der Waals surface area contributed by atoms with Crippen LogP contribution < -0.4 is 0 Å². The third-order valence-corrected chi connectivity index (χ3v) is 9.00. The first-order valence-corrected chi connectivity index (χ1v) is 9.70. The van der Waals surface area contributed by atoms with Gasteiger partial charge in [0.2, 0.25) is 0 Å². The van der Waals surface area contributed by atoms with Gasteiger partial charge in [-0.05, 0) is 55.9 Å². The minimum atomic E-state index is -0.0506. The summed E-state index contributed by atoms with van der Waals surface area (Å²) in [7, 11) is 0. The van der Waals surface area contributed by atoms with Crippen molar-refractivity contribution in [1.29, 1.82) is 0 Å². The molecular weight excluding hydrogens is 340 g/mol. The van der Waals surface area contributed by atoms with E-state index >= 15 is 0 Å². The summed E-state index contributed by atoms with van der Waals surface area (Å²) in [6, 6.07) is 0. The number of rotatable bonds is 0. The maximum Gasteiger partial charge on any atom is 0.156 e. The summed E-state index contributed by atoms with van der Waals surface area (Å²) in [5, 5.41) is 0. The Kier molecular flexibility index (Phi) is 3.28. The molecule has 0 N–H and O–H groups in total. The number of fused-ring (bicyclic) bond motifs is 5. The van der Waals surface area contributed by atoms with Gasteiger partial charge in [-0.3, -0.25) is 9.59 Å². The van der Waals surface area contributed by atoms with Crippen LogP contribution in [0, 0.1) is 28.6 Å². The number of ketones is 2. The van der Waals surface area contributed by atoms with Crippen molar-refractivity contribution in [2.24, 2.45) is 28.6 Å². The van der Waals surface area contributed by atoms with Crippen LogP contribution >= 0.6 is 15.9 Å². The van der Waals surface area contributed by atoms with Crippen LogP contribution in [0.2, 0.25) is 0 Å². The third-order valence-electron chi connectivity index (χ3n) is 7.72. The van der Waals surface area contributed by atoms with Crippen LogP contribution in [0.15, 0.2) is 11.6 Å². The van der Waals surface area contributed by atoms with E-state index < -0.39 is 0 Å². The number of carbonyl (C=O) groups is 2. The number of halogens is 1. The van der Waals surface area contributed by atoms with Gasteiger partial charge in [0.05, 0.1) is 0 Å². The van der Waals surface area contributed by atoms with E-state index in [1.54, 1.807) is 0 Å². The Labute approximate surface area is 141 Å². The lowest BCUT2D eigenvalue weighted by molar-refractivity contribution is -0.132. The summed E-state index contributed by atoms with van der Waals surface area (Å²) in [5.74, 6) is 2.67. The van der Waals surface area contributed by atoms with Crippen LogP contribution in [-0.2, 0) is 9.59 Å². The van der Waals surface area contributed by atoms with E-state index in [0.29, 0.717) is 30.0 Å². The van der Waals surface area contributed by atoms with Crippen molar-refractivity contribution in [2.75, 3.05) is 0 Å². The monoisotopic (exact) mass is 364 g/mol. The van der Waals surface area contributed by atoms with Crippen molar-refractivity contribution in [3.8, 4) is 0 Å². The molecule has 3 saturated carbocycles. The van der Waals surface area contributed by atoms with Crippen molar-refractivity contribution < 1.29 is 9.59 Å². The maximum atomic E-state index is 12.4. The summed E-state index contributed by atoms with van der Waals surface area (Å²) >= 11 is 3.86. The number of Topliss-reactive ketones (excluding diaryl/α,β-unsaturated/α-hetero) is 1. The Morgan fingerprint density at radius 1 is 1.09 bits per heavy atom. The highest BCUT2D eigenvalue weighted by atomic mass is 79.9. The summed E-state index contributed by atoms with van der Waals surface area (Å²) in [4.78, 5) is 24.6. The van der Waals surface area contributed by atoms with Crippen LogP contribution in [0.1, 0.15) is 58.8 Å². The van der Waals surface area contributed by atoms with Crippen molar-refractivity contribution >= 4 is 27.5 Å². The maximum absolute atomic E-state index is 12.4. The van der Waals surface area contributed by atoms with Crippen molar-refractivity contribution in [2.45, 2.75) is 63.6 Å². The standard InChI is InChI=1S/C19H25BrO2/c1-18-8-7-15-13(14(18)5-6-17(18)22)4-3-11-9-12(21)10-16(20)19(11,15)2/h9,13-16H,3-8,10H2,1-2H3/t13-,14-,15-,16?,18-,19-/m0/s1. The van der Waals surface area contributed by atoms with Gasteiger partial charge in [-0.15, -0.1) is 0 Å². The van der Waals surface area contributed by atoms with Crippen LogP contribution in [0.4, 0.5) is 0 Å². The van der Waals surface area contributed by atoms with Crippen molar-refractivity contribution in [3.63, 3.8) is 0 Å². The molecule has 22 heavy (non-hydrogen) atoms. The molecule has 2 nitrogen and oxygen atoms in total. The molecule has 3 fully saturated rings. The Bertz CT molecular complexity index is 580. The highest BCUT2D eigenvalue weighted by Gasteiger charge is 2.60. The predicted octanol–water partition coefficient (Wildman–Crippen LogP) is 4.46. The van der Waals surface area contributed by atoms with E-state index in [9.17, 15) is 9.59 Å². The molecule has 0 heterocycles. The van der Waals surface area contributed by atoms with Gasteiger partial charge in [0.15, 0.2) is 5.78 Å². The van der Waals surface area contributed by atoms with E-state index in [1.807, 2.05) is 6.08 Å². The molecule has 0 saturated heterocycles. The molecule has 4 aliphatic rings. The minimum Gasteiger partial charge on any atom is -0.299 e. The number of carbonyl (C=O) groups excluding carboxylic acids is 2. The first-order valence-electron chi connectivity index (χ1n) is 8.78. The van der Waals surface area contributed by atoms with Gasteiger partial charge in [0, 0.05) is 28.5 Å². The zero-order valence-electron chi connectivity index (χ0n) is 13.5. The number of alkyl halides is 1. The Morgan fingerprint density at radius 3 is 2.64 bits per heavy atom. The predicted molar refractivity (Wildman–Crippen MR) is 89.8 cm³/mol. The number of hydrogen-bond acceptors (Lipinski definition) is 2. The fourth-order valence-electron chi connectivity index (χ4n) is 6.34. The van der Waals surface area contributed by atoms with Crippen LogP contribution in [0.3, 0.4) is 0 Å². The van der Waals surface area contributed by atoms with Gasteiger partial charge >= 0.3 is 0 Å². The molecule has 0 aliphatic heterocycles. The van der Waals surface area contributed by atoms with Gasteiger partial charge in [-0.25, -0.2) is 0 Å². The van der Waals surface area contributed by atoms with Gasteiger partial charge < -0.3 is 0 Å². The molecule has 0 radical (unpaired) electrons. The normalized spacial score (nSPS) is 51.0. The van der Waals surface area contributed by atoms with Gasteiger partial charge in [0.25, 0.3) is 0 Å². The number of hydrogen-bond donors (Lipinski definition) is 0. The molecule has 120 valence electrons. The third kappa shape index (κ3) is 1.78. The molecule has 6 atom stereocenters. The van der Waals surface area contributed by atoms with Gasteiger partial charge in [-0.2, -0.15) is 0 Å². The highest BCUT2D eigenvalue weighted by molar-refractivity contribution is 9.09. The van der Waals surface area contributed by atoms with Crippen molar-refractivity contribution in [3.05, 3.63) is 11.6 Å². The zero-order chi connectivity index (χ0) is 15.7. The van der Waals surface area contributed by atoms with Crippen molar-refractivity contribution in [1.82, 2.24) is 0 Å². The van der Waals surface area contributed by atoms with E-state index in [0.717, 1.165) is 32.1 Å². The summed E-state index contributed by atoms with van der Waals surface area (Å²) < 4.78 is 0. The second-order valence-electron chi connectivity index (χ2n) is 8.42. The molecule has 1 unspecified atom stereocenters. The molecule has 3 heteroatoms. The SMILES string of the molecule is C[C@]12CC[C@H]3[C@@H](CCC4=CC(=O)CC(Br)[C@@]43C)[C@@H]1CCC2=O. The quantitative estimate of drug-likeness (QED) is 0.594. The lowest BCUT2D eigenvalue weighted by atomic mass is 9.47. The zero-order valence-corrected chi connectivity index (χ0v) is 15.1. The Morgan fingerprint density at radius 2 is 1.86 bits per heavy atom. The Balaban J connectivity index is 1.73. The molecule has 4 aliphatic carbocycles. The van der Waals surface area contributed by atoms with Crippen LogP contribution in [0.5, 0.6) is 0 Å². The highest BCUT2D eigenvalue weighted by Crippen LogP contribution is 2.65. The van der Waals surface area contributed by atoms with Gasteiger partial charge in [0.1, 0.15) is 5.78 Å². The summed E-state index contributed by atoms with van der Waals surface area (Å²) in [5.41, 5.74) is 1.44. The molecule has 4 rings (SSSR count). The van der Waals surface area contributed by atoms with E-state index in [2.05, 4.69) is 29.8 Å². The van der Waals surface area contributed by atoms with E-state index in [4.69, 9.17) is 0 Å². The molecule has 0 aromatic rings. The lowest BCUT2D eigenvalue weighted by Gasteiger charge is -2.58. The average molecular weight is 365 g/mol. The second-order valence-corrected chi connectivity index (χ2v) is 9.53. The number of allylic oxidation sites excluding steroid dienone is 1. The molecule has 0 aromatic heterocycles. The smallest absolute Gasteiger partial charge is 0.156 e. The fraction of sp³-hybridized carbons (Fsp3) is 0.789. The first-order chi connectivity index (χ1) is 10.4. The van der Waals surface area contributed by atoms with Crippen LogP contribution in [0.25, 0.3) is 0 Å².